The van der Waals surface area contributed by atoms with E-state index in [1.54, 1.807) is 39.0 Å². The van der Waals surface area contributed by atoms with Crippen LogP contribution in [0.4, 0.5) is 5.69 Å². The number of pyridine rings is 1. The highest BCUT2D eigenvalue weighted by Gasteiger charge is 2.24. The molecule has 0 saturated heterocycles. The number of carbonyl (C=O) groups excluding carboxylic acids is 2. The van der Waals surface area contributed by atoms with Gasteiger partial charge in [0, 0.05) is 28.7 Å². The molecule has 0 aliphatic carbocycles. The molecule has 8 nitrogen and oxygen atoms in total. The molecule has 0 fully saturated rings. The van der Waals surface area contributed by atoms with E-state index < -0.39 is 33.4 Å². The van der Waals surface area contributed by atoms with Crippen molar-refractivity contribution < 1.29 is 18.0 Å². The van der Waals surface area contributed by atoms with Crippen molar-refractivity contribution in [3.05, 3.63) is 76.7 Å². The second-order valence-electron chi connectivity index (χ2n) is 8.39. The Hall–Kier alpha value is -3.08. The first-order valence-electron chi connectivity index (χ1n) is 10.2. The molecule has 0 saturated carbocycles. The molecule has 0 aliphatic rings. The Bertz CT molecular complexity index is 1190. The molecule has 1 aromatic carbocycles. The van der Waals surface area contributed by atoms with Gasteiger partial charge in [0.25, 0.3) is 5.91 Å². The molecule has 2 amide bonds. The number of amides is 2. The van der Waals surface area contributed by atoms with Crippen LogP contribution >= 0.6 is 11.3 Å². The third-order valence-corrected chi connectivity index (χ3v) is 7.05. The van der Waals surface area contributed by atoms with Gasteiger partial charge < -0.3 is 10.6 Å². The number of anilines is 1. The number of nitrogens with zero attached hydrogens (tertiary/aromatic N) is 1. The summed E-state index contributed by atoms with van der Waals surface area (Å²) in [6.07, 6.45) is 1.82. The SMILES string of the molecule is CC(C)(C)NS(=O)(=O)c1ccc(NC(=O)[C@H](Cc2cccs2)NC(=O)c2ccccn2)cc1. The number of carbonyl (C=O) groups is 2. The zero-order chi connectivity index (χ0) is 24.1. The standard InChI is InChI=1S/C23H26N4O4S2/c1-23(2,3)27-33(30,31)18-11-9-16(10-12-18)25-22(29)20(15-17-7-6-14-32-17)26-21(28)19-8-4-5-13-24-19/h4-14,20,27H,15H2,1-3H3,(H,25,29)(H,26,28)/t20-/m0/s1. The molecule has 174 valence electrons. The van der Waals surface area contributed by atoms with Gasteiger partial charge in [-0.15, -0.1) is 11.3 Å². The van der Waals surface area contributed by atoms with Gasteiger partial charge in [0.1, 0.15) is 11.7 Å². The normalized spacial score (nSPS) is 12.7. The highest BCUT2D eigenvalue weighted by Crippen LogP contribution is 2.18. The third kappa shape index (κ3) is 7.21. The first kappa shape index (κ1) is 24.6. The van der Waals surface area contributed by atoms with Crippen LogP contribution in [0.2, 0.25) is 0 Å². The molecule has 3 rings (SSSR count). The van der Waals surface area contributed by atoms with Crippen LogP contribution in [0.5, 0.6) is 0 Å². The fourth-order valence-electron chi connectivity index (χ4n) is 2.98. The van der Waals surface area contributed by atoms with Crippen LogP contribution in [-0.2, 0) is 21.2 Å². The Morgan fingerprint density at radius 3 is 2.33 bits per heavy atom. The Morgan fingerprint density at radius 2 is 1.76 bits per heavy atom. The maximum atomic E-state index is 13.0. The summed E-state index contributed by atoms with van der Waals surface area (Å²) in [5.74, 6) is -0.877. The van der Waals surface area contributed by atoms with Crippen molar-refractivity contribution in [2.45, 2.75) is 43.7 Å². The molecule has 0 aliphatic heterocycles. The number of benzene rings is 1. The first-order valence-corrected chi connectivity index (χ1v) is 12.6. The molecule has 10 heteroatoms. The molecule has 2 heterocycles. The van der Waals surface area contributed by atoms with Crippen molar-refractivity contribution >= 4 is 38.9 Å². The predicted octanol–water partition coefficient (Wildman–Crippen LogP) is 3.20. The largest absolute Gasteiger partial charge is 0.339 e. The number of sulfonamides is 1. The summed E-state index contributed by atoms with van der Waals surface area (Å²) in [6.45, 7) is 5.27. The molecular formula is C23H26N4O4S2. The summed E-state index contributed by atoms with van der Waals surface area (Å²) >= 11 is 1.49. The highest BCUT2D eigenvalue weighted by atomic mass is 32.2. The predicted molar refractivity (Wildman–Crippen MR) is 129 cm³/mol. The number of nitrogens with one attached hydrogen (secondary N) is 3. The third-order valence-electron chi connectivity index (χ3n) is 4.38. The van der Waals surface area contributed by atoms with Crippen molar-refractivity contribution in [1.29, 1.82) is 0 Å². The first-order chi connectivity index (χ1) is 15.5. The van der Waals surface area contributed by atoms with Crippen LogP contribution in [0.1, 0.15) is 36.1 Å². The second-order valence-corrected chi connectivity index (χ2v) is 11.1. The van der Waals surface area contributed by atoms with Gasteiger partial charge in [-0.2, -0.15) is 0 Å². The van der Waals surface area contributed by atoms with Crippen molar-refractivity contribution in [2.75, 3.05) is 5.32 Å². The average Bonchev–Trinajstić information content (AvgIpc) is 3.26. The fourth-order valence-corrected chi connectivity index (χ4v) is 5.15. The van der Waals surface area contributed by atoms with Crippen LogP contribution in [-0.4, -0.2) is 36.8 Å². The monoisotopic (exact) mass is 486 g/mol. The molecule has 0 radical (unpaired) electrons. The maximum absolute atomic E-state index is 13.0. The minimum Gasteiger partial charge on any atom is -0.339 e. The van der Waals surface area contributed by atoms with Gasteiger partial charge in [-0.1, -0.05) is 12.1 Å². The lowest BCUT2D eigenvalue weighted by molar-refractivity contribution is -0.117. The van der Waals surface area contributed by atoms with Gasteiger partial charge in [0.15, 0.2) is 0 Å². The van der Waals surface area contributed by atoms with E-state index >= 15 is 0 Å². The number of rotatable bonds is 8. The lowest BCUT2D eigenvalue weighted by Gasteiger charge is -2.20. The van der Waals surface area contributed by atoms with E-state index in [0.29, 0.717) is 12.1 Å². The molecule has 1 atom stereocenters. The van der Waals surface area contributed by atoms with Gasteiger partial charge in [-0.3, -0.25) is 14.6 Å². The number of hydrogen-bond acceptors (Lipinski definition) is 6. The van der Waals surface area contributed by atoms with Gasteiger partial charge in [0.05, 0.1) is 4.90 Å². The maximum Gasteiger partial charge on any atom is 0.270 e. The molecular weight excluding hydrogens is 460 g/mol. The Labute approximate surface area is 197 Å². The highest BCUT2D eigenvalue weighted by molar-refractivity contribution is 7.89. The summed E-state index contributed by atoms with van der Waals surface area (Å²) in [5, 5.41) is 7.39. The van der Waals surface area contributed by atoms with Crippen molar-refractivity contribution in [3.63, 3.8) is 0 Å². The Morgan fingerprint density at radius 1 is 1.03 bits per heavy atom. The van der Waals surface area contributed by atoms with E-state index in [1.807, 2.05) is 17.5 Å². The molecule has 33 heavy (non-hydrogen) atoms. The van der Waals surface area contributed by atoms with Crippen molar-refractivity contribution in [1.82, 2.24) is 15.0 Å². The molecule has 0 unspecified atom stereocenters. The smallest absolute Gasteiger partial charge is 0.270 e. The van der Waals surface area contributed by atoms with Crippen LogP contribution in [0.25, 0.3) is 0 Å². The quantitative estimate of drug-likeness (QED) is 0.452. The molecule has 0 spiro atoms. The Balaban J connectivity index is 1.74. The summed E-state index contributed by atoms with van der Waals surface area (Å²) in [6, 6.07) is 13.8. The van der Waals surface area contributed by atoms with E-state index in [0.717, 1.165) is 4.88 Å². The average molecular weight is 487 g/mol. The van der Waals surface area contributed by atoms with E-state index in [9.17, 15) is 18.0 Å². The topological polar surface area (TPSA) is 117 Å². The van der Waals surface area contributed by atoms with E-state index in [1.165, 1.54) is 41.8 Å². The summed E-state index contributed by atoms with van der Waals surface area (Å²) in [7, 11) is -3.69. The summed E-state index contributed by atoms with van der Waals surface area (Å²) in [5.41, 5.74) is 0.00683. The minimum absolute atomic E-state index is 0.0917. The molecule has 2 aromatic heterocycles. The number of hydrogen-bond donors (Lipinski definition) is 3. The summed E-state index contributed by atoms with van der Waals surface area (Å²) < 4.78 is 27.5. The van der Waals surface area contributed by atoms with Gasteiger partial charge in [-0.05, 0) is 68.6 Å². The van der Waals surface area contributed by atoms with Crippen LogP contribution in [0.15, 0.2) is 71.1 Å². The molecule has 3 aromatic rings. The van der Waals surface area contributed by atoms with Gasteiger partial charge in [0.2, 0.25) is 15.9 Å². The second kappa shape index (κ2) is 10.2. The number of thiophene rings is 1. The zero-order valence-electron chi connectivity index (χ0n) is 18.5. The lowest BCUT2D eigenvalue weighted by Crippen LogP contribution is -2.45. The van der Waals surface area contributed by atoms with Gasteiger partial charge >= 0.3 is 0 Å². The van der Waals surface area contributed by atoms with Crippen molar-refractivity contribution in [3.8, 4) is 0 Å². The van der Waals surface area contributed by atoms with Gasteiger partial charge in [-0.25, -0.2) is 13.1 Å². The van der Waals surface area contributed by atoms with Crippen LogP contribution in [0.3, 0.4) is 0 Å². The van der Waals surface area contributed by atoms with Crippen molar-refractivity contribution in [2.24, 2.45) is 0 Å². The summed E-state index contributed by atoms with van der Waals surface area (Å²) in [4.78, 5) is 30.6. The van der Waals surface area contributed by atoms with E-state index in [2.05, 4.69) is 20.3 Å². The van der Waals surface area contributed by atoms with E-state index in [-0.39, 0.29) is 10.6 Å². The fraction of sp³-hybridized carbons (Fsp3) is 0.261. The number of aromatic nitrogens is 1. The van der Waals surface area contributed by atoms with E-state index in [4.69, 9.17) is 0 Å². The zero-order valence-corrected chi connectivity index (χ0v) is 20.2. The molecule has 3 N–H and O–H groups in total. The van der Waals surface area contributed by atoms with Crippen LogP contribution < -0.4 is 15.4 Å². The lowest BCUT2D eigenvalue weighted by atomic mass is 10.1. The minimum atomic E-state index is -3.69. The van der Waals surface area contributed by atoms with Crippen LogP contribution in [0, 0.1) is 0 Å². The molecule has 0 bridgehead atoms. The Kier molecular flexibility index (Phi) is 7.62.